The molecule has 2 aliphatic heterocycles. The summed E-state index contributed by atoms with van der Waals surface area (Å²) in [6, 6.07) is 15.5. The number of ether oxygens (including phenoxy) is 1. The van der Waals surface area contributed by atoms with Crippen molar-refractivity contribution >= 4 is 5.69 Å². The van der Waals surface area contributed by atoms with Gasteiger partial charge in [-0.25, -0.2) is 4.39 Å². The van der Waals surface area contributed by atoms with Crippen LogP contribution in [0.5, 0.6) is 0 Å². The van der Waals surface area contributed by atoms with Crippen LogP contribution in [0.25, 0.3) is 0 Å². The molecule has 2 heterocycles. The molecular weight excluding hydrogens is 315 g/mol. The van der Waals surface area contributed by atoms with Crippen LogP contribution in [0.1, 0.15) is 23.7 Å². The van der Waals surface area contributed by atoms with Gasteiger partial charge in [-0.3, -0.25) is 4.90 Å². The fraction of sp³-hybridized carbons (Fsp3) is 0.429. The quantitative estimate of drug-likeness (QED) is 0.845. The lowest BCUT2D eigenvalue weighted by Crippen LogP contribution is -2.46. The Balaban J connectivity index is 1.29. The highest BCUT2D eigenvalue weighted by molar-refractivity contribution is 5.46. The lowest BCUT2D eigenvalue weighted by Gasteiger charge is -2.37. The van der Waals surface area contributed by atoms with Gasteiger partial charge in [-0.15, -0.1) is 0 Å². The third kappa shape index (κ3) is 3.86. The molecule has 132 valence electrons. The normalized spacial score (nSPS) is 21.2. The van der Waals surface area contributed by atoms with E-state index in [-0.39, 0.29) is 11.9 Å². The van der Waals surface area contributed by atoms with Crippen molar-refractivity contribution in [3.05, 3.63) is 65.5 Å². The maximum Gasteiger partial charge on any atom is 0.123 e. The molecule has 0 spiro atoms. The van der Waals surface area contributed by atoms with Crippen molar-refractivity contribution in [2.24, 2.45) is 0 Å². The SMILES string of the molecule is Fc1ccc(N2CCN(CC[C@H]3OCCc4ccccc43)CC2)cc1. The van der Waals surface area contributed by atoms with E-state index in [0.717, 1.165) is 57.9 Å². The van der Waals surface area contributed by atoms with Gasteiger partial charge in [-0.05, 0) is 48.2 Å². The Morgan fingerprint density at radius 1 is 0.960 bits per heavy atom. The summed E-state index contributed by atoms with van der Waals surface area (Å²) in [6.07, 6.45) is 2.32. The van der Waals surface area contributed by atoms with E-state index in [0.29, 0.717) is 0 Å². The molecule has 0 unspecified atom stereocenters. The van der Waals surface area contributed by atoms with E-state index in [9.17, 15) is 4.39 Å². The number of hydrogen-bond donors (Lipinski definition) is 0. The van der Waals surface area contributed by atoms with Gasteiger partial charge in [0.15, 0.2) is 0 Å². The van der Waals surface area contributed by atoms with Gasteiger partial charge in [0, 0.05) is 38.4 Å². The Kier molecular flexibility index (Phi) is 4.99. The standard InChI is InChI=1S/C21H25FN2O/c22-18-5-7-19(8-6-18)24-14-12-23(13-15-24)11-9-21-20-4-2-1-3-17(20)10-16-25-21/h1-8,21H,9-16H2/t21-/m1/s1. The summed E-state index contributed by atoms with van der Waals surface area (Å²) in [7, 11) is 0. The fourth-order valence-corrected chi connectivity index (χ4v) is 3.90. The summed E-state index contributed by atoms with van der Waals surface area (Å²) in [5, 5.41) is 0. The zero-order valence-corrected chi connectivity index (χ0v) is 14.5. The monoisotopic (exact) mass is 340 g/mol. The molecule has 2 aromatic rings. The van der Waals surface area contributed by atoms with Crippen molar-refractivity contribution in [2.75, 3.05) is 44.2 Å². The molecule has 0 aliphatic carbocycles. The molecule has 25 heavy (non-hydrogen) atoms. The average molecular weight is 340 g/mol. The minimum Gasteiger partial charge on any atom is -0.373 e. The summed E-state index contributed by atoms with van der Waals surface area (Å²) in [5.41, 5.74) is 3.93. The van der Waals surface area contributed by atoms with Crippen LogP contribution in [0.4, 0.5) is 10.1 Å². The molecule has 1 atom stereocenters. The Labute approximate surface area is 149 Å². The predicted molar refractivity (Wildman–Crippen MR) is 98.5 cm³/mol. The zero-order valence-electron chi connectivity index (χ0n) is 14.5. The molecule has 3 nitrogen and oxygen atoms in total. The molecule has 0 bridgehead atoms. The molecule has 1 saturated heterocycles. The molecular formula is C21H25FN2O. The molecule has 4 rings (SSSR count). The molecule has 2 aliphatic rings. The smallest absolute Gasteiger partial charge is 0.123 e. The van der Waals surface area contributed by atoms with E-state index in [1.54, 1.807) is 12.1 Å². The maximum atomic E-state index is 13.1. The summed E-state index contributed by atoms with van der Waals surface area (Å²) < 4.78 is 19.1. The van der Waals surface area contributed by atoms with E-state index >= 15 is 0 Å². The Bertz CT molecular complexity index is 695. The number of hydrogen-bond acceptors (Lipinski definition) is 3. The van der Waals surface area contributed by atoms with Crippen molar-refractivity contribution < 1.29 is 9.13 Å². The summed E-state index contributed by atoms with van der Waals surface area (Å²) >= 11 is 0. The van der Waals surface area contributed by atoms with Gasteiger partial charge in [-0.1, -0.05) is 24.3 Å². The lowest BCUT2D eigenvalue weighted by molar-refractivity contribution is 0.0289. The highest BCUT2D eigenvalue weighted by atomic mass is 19.1. The summed E-state index contributed by atoms with van der Waals surface area (Å²) in [4.78, 5) is 4.85. The first-order chi connectivity index (χ1) is 12.3. The summed E-state index contributed by atoms with van der Waals surface area (Å²) in [5.74, 6) is -0.171. The van der Waals surface area contributed by atoms with Crippen molar-refractivity contribution in [1.82, 2.24) is 4.90 Å². The molecule has 2 aromatic carbocycles. The number of benzene rings is 2. The van der Waals surface area contributed by atoms with Gasteiger partial charge in [0.1, 0.15) is 5.82 Å². The molecule has 0 N–H and O–H groups in total. The van der Waals surface area contributed by atoms with Crippen LogP contribution in [0, 0.1) is 5.82 Å². The van der Waals surface area contributed by atoms with Crippen molar-refractivity contribution in [3.8, 4) is 0 Å². The third-order valence-electron chi connectivity index (χ3n) is 5.36. The number of halogens is 1. The van der Waals surface area contributed by atoms with Crippen molar-refractivity contribution in [2.45, 2.75) is 18.9 Å². The molecule has 4 heteroatoms. The number of nitrogens with zero attached hydrogens (tertiary/aromatic N) is 2. The molecule has 0 aromatic heterocycles. The van der Waals surface area contributed by atoms with Gasteiger partial charge in [0.2, 0.25) is 0 Å². The van der Waals surface area contributed by atoms with Crippen LogP contribution in [0.15, 0.2) is 48.5 Å². The topological polar surface area (TPSA) is 15.7 Å². The van der Waals surface area contributed by atoms with Crippen LogP contribution in [-0.2, 0) is 11.2 Å². The van der Waals surface area contributed by atoms with Crippen molar-refractivity contribution in [3.63, 3.8) is 0 Å². The number of anilines is 1. The van der Waals surface area contributed by atoms with E-state index in [4.69, 9.17) is 4.74 Å². The van der Waals surface area contributed by atoms with Gasteiger partial charge in [-0.2, -0.15) is 0 Å². The van der Waals surface area contributed by atoms with Crippen LogP contribution in [0.2, 0.25) is 0 Å². The molecule has 0 amide bonds. The predicted octanol–water partition coefficient (Wildman–Crippen LogP) is 3.65. The second-order valence-corrected chi connectivity index (χ2v) is 6.90. The lowest BCUT2D eigenvalue weighted by atomic mass is 9.95. The second-order valence-electron chi connectivity index (χ2n) is 6.90. The van der Waals surface area contributed by atoms with Gasteiger partial charge in [0.05, 0.1) is 12.7 Å². The van der Waals surface area contributed by atoms with Gasteiger partial charge in [0.25, 0.3) is 0 Å². The highest BCUT2D eigenvalue weighted by Gasteiger charge is 2.23. The number of rotatable bonds is 4. The van der Waals surface area contributed by atoms with E-state index < -0.39 is 0 Å². The Morgan fingerprint density at radius 2 is 1.72 bits per heavy atom. The first-order valence-corrected chi connectivity index (χ1v) is 9.22. The van der Waals surface area contributed by atoms with Crippen LogP contribution >= 0.6 is 0 Å². The van der Waals surface area contributed by atoms with E-state index in [1.807, 2.05) is 12.1 Å². The Morgan fingerprint density at radius 3 is 2.52 bits per heavy atom. The van der Waals surface area contributed by atoms with Gasteiger partial charge < -0.3 is 9.64 Å². The van der Waals surface area contributed by atoms with Crippen LogP contribution in [-0.4, -0.2) is 44.2 Å². The fourth-order valence-electron chi connectivity index (χ4n) is 3.90. The van der Waals surface area contributed by atoms with Crippen LogP contribution < -0.4 is 4.90 Å². The Hall–Kier alpha value is -1.91. The first kappa shape index (κ1) is 16.6. The largest absolute Gasteiger partial charge is 0.373 e. The second kappa shape index (κ2) is 7.54. The molecule has 1 fully saturated rings. The average Bonchev–Trinajstić information content (AvgIpc) is 2.67. The minimum atomic E-state index is -0.171. The van der Waals surface area contributed by atoms with E-state index in [1.165, 1.54) is 11.1 Å². The maximum absolute atomic E-state index is 13.1. The van der Waals surface area contributed by atoms with Crippen molar-refractivity contribution in [1.29, 1.82) is 0 Å². The highest BCUT2D eigenvalue weighted by Crippen LogP contribution is 2.29. The minimum absolute atomic E-state index is 0.171. The van der Waals surface area contributed by atoms with Gasteiger partial charge >= 0.3 is 0 Å². The third-order valence-corrected chi connectivity index (χ3v) is 5.36. The van der Waals surface area contributed by atoms with Crippen LogP contribution in [0.3, 0.4) is 0 Å². The molecule has 0 saturated carbocycles. The summed E-state index contributed by atoms with van der Waals surface area (Å²) in [6.45, 7) is 5.98. The number of fused-ring (bicyclic) bond motifs is 1. The van der Waals surface area contributed by atoms with E-state index in [2.05, 4.69) is 34.1 Å². The first-order valence-electron chi connectivity index (χ1n) is 9.22. The number of piperazine rings is 1. The zero-order chi connectivity index (χ0) is 17.1. The molecule has 0 radical (unpaired) electrons.